The fourth-order valence-corrected chi connectivity index (χ4v) is 2.86. The standard InChI is InChI=1S/C10H16N4S/c1-6(2)14-9(10(11)12)7-5-15-4-3-8(7)13-14/h6H,3-5H2,1-2H3,(H3,11,12). The SMILES string of the molecule is CC(C)n1nc2c(c1C(=N)N)CSCC2. The molecule has 1 aliphatic heterocycles. The normalized spacial score (nSPS) is 15.4. The maximum Gasteiger partial charge on any atom is 0.141 e. The number of nitrogens with one attached hydrogen (secondary N) is 1. The van der Waals surface area contributed by atoms with Gasteiger partial charge in [-0.25, -0.2) is 0 Å². The van der Waals surface area contributed by atoms with Crippen LogP contribution in [0.1, 0.15) is 36.8 Å². The lowest BCUT2D eigenvalue weighted by Crippen LogP contribution is -2.20. The molecule has 0 saturated carbocycles. The Hall–Kier alpha value is -0.970. The number of nitrogens with two attached hydrogens (primary N) is 1. The molecule has 2 rings (SSSR count). The van der Waals surface area contributed by atoms with E-state index >= 15 is 0 Å². The van der Waals surface area contributed by atoms with Gasteiger partial charge >= 0.3 is 0 Å². The summed E-state index contributed by atoms with van der Waals surface area (Å²) in [5.41, 5.74) is 8.77. The highest BCUT2D eigenvalue weighted by atomic mass is 32.2. The van der Waals surface area contributed by atoms with E-state index in [2.05, 4.69) is 18.9 Å². The molecule has 0 amide bonds. The Morgan fingerprint density at radius 2 is 2.33 bits per heavy atom. The topological polar surface area (TPSA) is 67.7 Å². The van der Waals surface area contributed by atoms with Crippen LogP contribution < -0.4 is 5.73 Å². The summed E-state index contributed by atoms with van der Waals surface area (Å²) >= 11 is 1.89. The minimum atomic E-state index is 0.139. The Balaban J connectivity index is 2.56. The van der Waals surface area contributed by atoms with Crippen LogP contribution in [0.15, 0.2) is 0 Å². The smallest absolute Gasteiger partial charge is 0.141 e. The van der Waals surface area contributed by atoms with E-state index in [9.17, 15) is 0 Å². The molecule has 4 nitrogen and oxygen atoms in total. The Bertz CT molecular complexity index is 394. The number of aryl methyl sites for hydroxylation is 1. The van der Waals surface area contributed by atoms with Crippen LogP contribution in [0.2, 0.25) is 0 Å². The number of thioether (sulfide) groups is 1. The van der Waals surface area contributed by atoms with Crippen molar-refractivity contribution in [3.8, 4) is 0 Å². The Labute approximate surface area is 93.7 Å². The fraction of sp³-hybridized carbons (Fsp3) is 0.600. The summed E-state index contributed by atoms with van der Waals surface area (Å²) in [6.45, 7) is 4.13. The number of rotatable bonds is 2. The van der Waals surface area contributed by atoms with Crippen LogP contribution >= 0.6 is 11.8 Å². The van der Waals surface area contributed by atoms with Crippen LogP contribution in [0, 0.1) is 5.41 Å². The average Bonchev–Trinajstić information content (AvgIpc) is 2.56. The van der Waals surface area contributed by atoms with Gasteiger partial charge in [0.2, 0.25) is 0 Å². The van der Waals surface area contributed by atoms with Crippen LogP contribution in [0.25, 0.3) is 0 Å². The molecule has 0 aromatic carbocycles. The lowest BCUT2D eigenvalue weighted by Gasteiger charge is -2.12. The molecule has 5 heteroatoms. The summed E-state index contributed by atoms with van der Waals surface area (Å²) in [5, 5.41) is 12.2. The van der Waals surface area contributed by atoms with E-state index in [1.165, 1.54) is 5.56 Å². The van der Waals surface area contributed by atoms with E-state index in [0.717, 1.165) is 29.3 Å². The Morgan fingerprint density at radius 1 is 1.60 bits per heavy atom. The molecule has 0 saturated heterocycles. The predicted molar refractivity (Wildman–Crippen MR) is 63.5 cm³/mol. The third-order valence-electron chi connectivity index (χ3n) is 2.57. The number of nitrogen functional groups attached to an aromatic ring is 1. The van der Waals surface area contributed by atoms with Crippen molar-refractivity contribution in [2.45, 2.75) is 32.1 Å². The quantitative estimate of drug-likeness (QED) is 0.591. The maximum absolute atomic E-state index is 7.63. The number of aromatic nitrogens is 2. The van der Waals surface area contributed by atoms with Crippen LogP contribution in [0.5, 0.6) is 0 Å². The fourth-order valence-electron chi connectivity index (χ4n) is 1.87. The van der Waals surface area contributed by atoms with Crippen molar-refractivity contribution in [1.29, 1.82) is 5.41 Å². The molecule has 1 aromatic heterocycles. The molecule has 0 spiro atoms. The van der Waals surface area contributed by atoms with Gasteiger partial charge in [-0.1, -0.05) is 0 Å². The van der Waals surface area contributed by atoms with Gasteiger partial charge in [-0.15, -0.1) is 0 Å². The zero-order chi connectivity index (χ0) is 11.0. The Kier molecular flexibility index (Phi) is 2.73. The second-order valence-corrected chi connectivity index (χ2v) is 5.13. The van der Waals surface area contributed by atoms with Crippen LogP contribution in [0.4, 0.5) is 0 Å². The first-order valence-electron chi connectivity index (χ1n) is 5.13. The summed E-state index contributed by atoms with van der Waals surface area (Å²) in [6, 6.07) is 0.263. The molecular formula is C10H16N4S. The van der Waals surface area contributed by atoms with Crippen LogP contribution in [-0.2, 0) is 12.2 Å². The van der Waals surface area contributed by atoms with E-state index in [-0.39, 0.29) is 11.9 Å². The highest BCUT2D eigenvalue weighted by molar-refractivity contribution is 7.98. The largest absolute Gasteiger partial charge is 0.382 e. The molecule has 0 fully saturated rings. The van der Waals surface area contributed by atoms with Gasteiger partial charge in [-0.3, -0.25) is 10.1 Å². The summed E-state index contributed by atoms with van der Waals surface area (Å²) in [5.74, 6) is 2.20. The van der Waals surface area contributed by atoms with Gasteiger partial charge in [-0.05, 0) is 19.6 Å². The van der Waals surface area contributed by atoms with Crippen molar-refractivity contribution in [1.82, 2.24) is 9.78 Å². The molecule has 2 heterocycles. The number of nitrogens with zero attached hydrogens (tertiary/aromatic N) is 2. The molecule has 0 atom stereocenters. The van der Waals surface area contributed by atoms with Crippen molar-refractivity contribution in [3.63, 3.8) is 0 Å². The molecule has 15 heavy (non-hydrogen) atoms. The van der Waals surface area contributed by atoms with E-state index in [0.29, 0.717) is 0 Å². The second-order valence-electron chi connectivity index (χ2n) is 4.03. The van der Waals surface area contributed by atoms with Crippen LogP contribution in [0.3, 0.4) is 0 Å². The minimum Gasteiger partial charge on any atom is -0.382 e. The van der Waals surface area contributed by atoms with Gasteiger partial charge in [-0.2, -0.15) is 16.9 Å². The van der Waals surface area contributed by atoms with E-state index in [1.54, 1.807) is 0 Å². The summed E-state index contributed by atoms with van der Waals surface area (Å²) in [7, 11) is 0. The van der Waals surface area contributed by atoms with Gasteiger partial charge in [0.05, 0.1) is 5.69 Å². The lowest BCUT2D eigenvalue weighted by molar-refractivity contribution is 0.523. The third-order valence-corrected chi connectivity index (χ3v) is 3.55. The maximum atomic E-state index is 7.63. The zero-order valence-electron chi connectivity index (χ0n) is 9.08. The first-order valence-corrected chi connectivity index (χ1v) is 6.29. The molecule has 0 aliphatic carbocycles. The van der Waals surface area contributed by atoms with E-state index in [4.69, 9.17) is 11.1 Å². The van der Waals surface area contributed by atoms with E-state index < -0.39 is 0 Å². The zero-order valence-corrected chi connectivity index (χ0v) is 9.90. The van der Waals surface area contributed by atoms with Gasteiger partial charge < -0.3 is 5.73 Å². The highest BCUT2D eigenvalue weighted by Gasteiger charge is 2.23. The second kappa shape index (κ2) is 3.89. The van der Waals surface area contributed by atoms with Crippen molar-refractivity contribution < 1.29 is 0 Å². The summed E-state index contributed by atoms with van der Waals surface area (Å²) < 4.78 is 1.89. The number of fused-ring (bicyclic) bond motifs is 1. The third kappa shape index (κ3) is 1.76. The first-order chi connectivity index (χ1) is 7.11. The molecular weight excluding hydrogens is 208 g/mol. The predicted octanol–water partition coefficient (Wildman–Crippen LogP) is 1.54. The average molecular weight is 224 g/mol. The molecule has 0 unspecified atom stereocenters. The van der Waals surface area contributed by atoms with Gasteiger partial charge in [0.1, 0.15) is 11.5 Å². The molecule has 82 valence electrons. The van der Waals surface area contributed by atoms with Crippen LogP contribution in [-0.4, -0.2) is 21.4 Å². The molecule has 0 radical (unpaired) electrons. The summed E-state index contributed by atoms with van der Waals surface area (Å²) in [6.07, 6.45) is 1.00. The lowest BCUT2D eigenvalue weighted by atomic mass is 10.1. The minimum absolute atomic E-state index is 0.139. The van der Waals surface area contributed by atoms with Crippen molar-refractivity contribution in [3.05, 3.63) is 17.0 Å². The molecule has 0 bridgehead atoms. The van der Waals surface area contributed by atoms with Gasteiger partial charge in [0, 0.05) is 23.8 Å². The van der Waals surface area contributed by atoms with Crippen molar-refractivity contribution >= 4 is 17.6 Å². The molecule has 3 N–H and O–H groups in total. The monoisotopic (exact) mass is 224 g/mol. The molecule has 1 aromatic rings. The van der Waals surface area contributed by atoms with Gasteiger partial charge in [0.15, 0.2) is 0 Å². The number of hydrogen-bond donors (Lipinski definition) is 2. The number of hydrogen-bond acceptors (Lipinski definition) is 3. The Morgan fingerprint density at radius 3 is 2.93 bits per heavy atom. The highest BCUT2D eigenvalue weighted by Crippen LogP contribution is 2.28. The van der Waals surface area contributed by atoms with Crippen molar-refractivity contribution in [2.24, 2.45) is 5.73 Å². The first kappa shape index (κ1) is 10.5. The van der Waals surface area contributed by atoms with Crippen molar-refractivity contribution in [2.75, 3.05) is 5.75 Å². The number of amidine groups is 1. The van der Waals surface area contributed by atoms with Gasteiger partial charge in [0.25, 0.3) is 0 Å². The summed E-state index contributed by atoms with van der Waals surface area (Å²) in [4.78, 5) is 0. The molecule has 1 aliphatic rings. The van der Waals surface area contributed by atoms with E-state index in [1.807, 2.05) is 16.4 Å².